The zero-order valence-corrected chi connectivity index (χ0v) is 9.68. The van der Waals surface area contributed by atoms with E-state index in [1.807, 2.05) is 0 Å². The van der Waals surface area contributed by atoms with Crippen LogP contribution in [0.5, 0.6) is 0 Å². The van der Waals surface area contributed by atoms with Crippen molar-refractivity contribution in [3.63, 3.8) is 0 Å². The quantitative estimate of drug-likeness (QED) is 0.861. The topological polar surface area (TPSA) is 57.6 Å². The van der Waals surface area contributed by atoms with Gasteiger partial charge in [0.15, 0.2) is 0 Å². The summed E-state index contributed by atoms with van der Waals surface area (Å²) < 4.78 is 12.6. The smallest absolute Gasteiger partial charge is 0.326 e. The number of amides is 1. The van der Waals surface area contributed by atoms with Gasteiger partial charge in [-0.1, -0.05) is 12.1 Å². The summed E-state index contributed by atoms with van der Waals surface area (Å²) in [7, 11) is 1.44. The highest BCUT2D eigenvalue weighted by molar-refractivity contribution is 5.84. The van der Waals surface area contributed by atoms with Crippen molar-refractivity contribution in [2.45, 2.75) is 19.4 Å². The number of hydrogen-bond acceptors (Lipinski definition) is 2. The monoisotopic (exact) mass is 239 g/mol. The lowest BCUT2D eigenvalue weighted by Crippen LogP contribution is -2.41. The minimum atomic E-state index is -1.06. The first-order valence-corrected chi connectivity index (χ1v) is 5.14. The van der Waals surface area contributed by atoms with Crippen molar-refractivity contribution in [2.24, 2.45) is 0 Å². The molecule has 0 aromatic heterocycles. The highest BCUT2D eigenvalue weighted by Crippen LogP contribution is 2.06. The molecule has 0 heterocycles. The molecule has 1 aromatic carbocycles. The Bertz CT molecular complexity index is 416. The Balaban J connectivity index is 2.66. The summed E-state index contributed by atoms with van der Waals surface area (Å²) in [6.45, 7) is 1.44. The third-order valence-corrected chi connectivity index (χ3v) is 2.60. The lowest BCUT2D eigenvalue weighted by Gasteiger charge is -2.21. The number of likely N-dealkylation sites (N-methyl/N-ethyl adjacent to an activating group) is 1. The van der Waals surface area contributed by atoms with E-state index >= 15 is 0 Å². The van der Waals surface area contributed by atoms with E-state index in [4.69, 9.17) is 5.11 Å². The van der Waals surface area contributed by atoms with Gasteiger partial charge in [0, 0.05) is 7.05 Å². The van der Waals surface area contributed by atoms with Gasteiger partial charge in [0.2, 0.25) is 5.91 Å². The molecule has 0 aliphatic heterocycles. The molecule has 0 saturated heterocycles. The maximum absolute atomic E-state index is 12.6. The summed E-state index contributed by atoms with van der Waals surface area (Å²) in [6.07, 6.45) is 0.0639. The molecular formula is C12H14FNO3. The van der Waals surface area contributed by atoms with Crippen LogP contribution in [0.1, 0.15) is 12.5 Å². The Hall–Kier alpha value is -1.91. The van der Waals surface area contributed by atoms with Gasteiger partial charge in [-0.3, -0.25) is 4.79 Å². The highest BCUT2D eigenvalue weighted by atomic mass is 19.1. The zero-order chi connectivity index (χ0) is 13.0. The van der Waals surface area contributed by atoms with Crippen molar-refractivity contribution >= 4 is 11.9 Å². The van der Waals surface area contributed by atoms with Crippen molar-refractivity contribution in [1.29, 1.82) is 0 Å². The summed E-state index contributed by atoms with van der Waals surface area (Å²) >= 11 is 0. The normalized spacial score (nSPS) is 11.9. The molecule has 0 aliphatic carbocycles. The predicted molar refractivity (Wildman–Crippen MR) is 60.0 cm³/mol. The lowest BCUT2D eigenvalue weighted by atomic mass is 10.1. The third-order valence-electron chi connectivity index (χ3n) is 2.60. The summed E-state index contributed by atoms with van der Waals surface area (Å²) in [5.41, 5.74) is 0.654. The van der Waals surface area contributed by atoms with Crippen LogP contribution in [0.4, 0.5) is 4.39 Å². The number of carbonyl (C=O) groups is 2. The molecule has 1 unspecified atom stereocenters. The predicted octanol–water partition coefficient (Wildman–Crippen LogP) is 1.30. The van der Waals surface area contributed by atoms with E-state index < -0.39 is 12.0 Å². The largest absolute Gasteiger partial charge is 0.480 e. The Labute approximate surface area is 98.7 Å². The number of nitrogens with zero attached hydrogens (tertiary/aromatic N) is 1. The van der Waals surface area contributed by atoms with Gasteiger partial charge >= 0.3 is 5.97 Å². The van der Waals surface area contributed by atoms with Gasteiger partial charge in [0.1, 0.15) is 11.9 Å². The fourth-order valence-corrected chi connectivity index (χ4v) is 1.28. The van der Waals surface area contributed by atoms with Gasteiger partial charge in [-0.2, -0.15) is 0 Å². The van der Waals surface area contributed by atoms with Crippen LogP contribution in [0.15, 0.2) is 24.3 Å². The number of halogens is 1. The first-order valence-electron chi connectivity index (χ1n) is 5.14. The molecule has 1 atom stereocenters. The molecule has 0 saturated carbocycles. The number of aliphatic carboxylic acids is 1. The first kappa shape index (κ1) is 13.2. The van der Waals surface area contributed by atoms with E-state index in [2.05, 4.69) is 0 Å². The van der Waals surface area contributed by atoms with E-state index in [1.165, 1.54) is 38.2 Å². The molecule has 1 amide bonds. The molecule has 0 radical (unpaired) electrons. The van der Waals surface area contributed by atoms with Crippen molar-refractivity contribution in [1.82, 2.24) is 4.90 Å². The number of carboxylic acid groups (broad SMARTS) is 1. The van der Waals surface area contributed by atoms with Gasteiger partial charge in [0.25, 0.3) is 0 Å². The minimum absolute atomic E-state index is 0.0639. The van der Waals surface area contributed by atoms with Crippen molar-refractivity contribution < 1.29 is 19.1 Å². The van der Waals surface area contributed by atoms with Crippen LogP contribution < -0.4 is 0 Å². The molecule has 5 heteroatoms. The second-order valence-electron chi connectivity index (χ2n) is 3.82. The van der Waals surface area contributed by atoms with Crippen LogP contribution in [0.2, 0.25) is 0 Å². The maximum atomic E-state index is 12.6. The fourth-order valence-electron chi connectivity index (χ4n) is 1.28. The summed E-state index contributed by atoms with van der Waals surface area (Å²) in [4.78, 5) is 23.6. The second kappa shape index (κ2) is 5.43. The Morgan fingerprint density at radius 3 is 2.35 bits per heavy atom. The van der Waals surface area contributed by atoms with Gasteiger partial charge < -0.3 is 10.0 Å². The SMILES string of the molecule is CC(C(=O)O)N(C)C(=O)Cc1ccc(F)cc1. The summed E-state index contributed by atoms with van der Waals surface area (Å²) in [5.74, 6) is -1.74. The average Bonchev–Trinajstić information content (AvgIpc) is 2.30. The van der Waals surface area contributed by atoms with Crippen LogP contribution in [-0.4, -0.2) is 35.0 Å². The standard InChI is InChI=1S/C12H14FNO3/c1-8(12(16)17)14(2)11(15)7-9-3-5-10(13)6-4-9/h3-6,8H,7H2,1-2H3,(H,16,17). The fraction of sp³-hybridized carbons (Fsp3) is 0.333. The van der Waals surface area contributed by atoms with Gasteiger partial charge in [-0.15, -0.1) is 0 Å². The number of hydrogen-bond donors (Lipinski definition) is 1. The Morgan fingerprint density at radius 2 is 1.88 bits per heavy atom. The van der Waals surface area contributed by atoms with Gasteiger partial charge in [-0.05, 0) is 24.6 Å². The molecule has 17 heavy (non-hydrogen) atoms. The van der Waals surface area contributed by atoms with Crippen LogP contribution in [0.25, 0.3) is 0 Å². The molecule has 0 fully saturated rings. The molecular weight excluding hydrogens is 225 g/mol. The Morgan fingerprint density at radius 1 is 1.35 bits per heavy atom. The molecule has 92 valence electrons. The number of carboxylic acids is 1. The van der Waals surface area contributed by atoms with E-state index in [1.54, 1.807) is 0 Å². The van der Waals surface area contributed by atoms with E-state index in [0.29, 0.717) is 5.56 Å². The van der Waals surface area contributed by atoms with Crippen molar-refractivity contribution in [3.8, 4) is 0 Å². The van der Waals surface area contributed by atoms with E-state index in [0.717, 1.165) is 4.90 Å². The minimum Gasteiger partial charge on any atom is -0.480 e. The maximum Gasteiger partial charge on any atom is 0.326 e. The molecule has 1 rings (SSSR count). The number of rotatable bonds is 4. The Kier molecular flexibility index (Phi) is 4.20. The molecule has 4 nitrogen and oxygen atoms in total. The molecule has 1 aromatic rings. The molecule has 0 spiro atoms. The third kappa shape index (κ3) is 3.55. The lowest BCUT2D eigenvalue weighted by molar-refractivity contribution is -0.147. The van der Waals surface area contributed by atoms with Gasteiger partial charge in [-0.25, -0.2) is 9.18 Å². The van der Waals surface area contributed by atoms with E-state index in [-0.39, 0.29) is 18.1 Å². The molecule has 0 bridgehead atoms. The number of benzene rings is 1. The van der Waals surface area contributed by atoms with Crippen molar-refractivity contribution in [3.05, 3.63) is 35.6 Å². The van der Waals surface area contributed by atoms with Gasteiger partial charge in [0.05, 0.1) is 6.42 Å². The second-order valence-corrected chi connectivity index (χ2v) is 3.82. The van der Waals surface area contributed by atoms with Crippen molar-refractivity contribution in [2.75, 3.05) is 7.05 Å². The average molecular weight is 239 g/mol. The summed E-state index contributed by atoms with van der Waals surface area (Å²) in [6, 6.07) is 4.67. The molecule has 0 aliphatic rings. The van der Waals surface area contributed by atoms with Crippen LogP contribution in [-0.2, 0) is 16.0 Å². The zero-order valence-electron chi connectivity index (χ0n) is 9.68. The van der Waals surface area contributed by atoms with Crippen LogP contribution in [0, 0.1) is 5.82 Å². The molecule has 1 N–H and O–H groups in total. The summed E-state index contributed by atoms with van der Waals surface area (Å²) in [5, 5.41) is 8.76. The van der Waals surface area contributed by atoms with Crippen LogP contribution >= 0.6 is 0 Å². The van der Waals surface area contributed by atoms with Crippen LogP contribution in [0.3, 0.4) is 0 Å². The van der Waals surface area contributed by atoms with E-state index in [9.17, 15) is 14.0 Å². The highest BCUT2D eigenvalue weighted by Gasteiger charge is 2.21. The number of carbonyl (C=O) groups excluding carboxylic acids is 1. The first-order chi connectivity index (χ1) is 7.91.